The third-order valence-electron chi connectivity index (χ3n) is 1.81. The Morgan fingerprint density at radius 2 is 2.00 bits per heavy atom. The van der Waals surface area contributed by atoms with E-state index >= 15 is 0 Å². The van der Waals surface area contributed by atoms with Crippen LogP contribution in [0.2, 0.25) is 5.02 Å². The maximum atomic E-state index is 6.09. The van der Waals surface area contributed by atoms with Crippen LogP contribution in [0.5, 0.6) is 0 Å². The molecule has 0 N–H and O–H groups in total. The summed E-state index contributed by atoms with van der Waals surface area (Å²) < 4.78 is 0. The van der Waals surface area contributed by atoms with Crippen LogP contribution in [0.1, 0.15) is 25.3 Å². The Hall–Kier alpha value is -0.140. The third-order valence-corrected chi connectivity index (χ3v) is 2.94. The lowest BCUT2D eigenvalue weighted by Gasteiger charge is -2.12. The van der Waals surface area contributed by atoms with Gasteiger partial charge in [0.2, 0.25) is 0 Å². The minimum Gasteiger partial charge on any atom is -0.129 e. The topological polar surface area (TPSA) is 0 Å². The van der Waals surface area contributed by atoms with E-state index in [1.807, 2.05) is 12.1 Å². The van der Waals surface area contributed by atoms with Gasteiger partial charge in [0.15, 0.2) is 0 Å². The normalized spacial score (nSPS) is 10.8. The molecule has 1 rings (SSSR count). The predicted molar refractivity (Wildman–Crippen MR) is 57.3 cm³/mol. The van der Waals surface area contributed by atoms with Crippen molar-refractivity contribution < 1.29 is 0 Å². The van der Waals surface area contributed by atoms with Gasteiger partial charge in [0, 0.05) is 9.92 Å². The molecular formula is C10H13ClS. The van der Waals surface area contributed by atoms with Crippen LogP contribution in [0.25, 0.3) is 0 Å². The Bertz CT molecular complexity index is 269. The highest BCUT2D eigenvalue weighted by Gasteiger charge is 2.08. The zero-order valence-electron chi connectivity index (χ0n) is 7.60. The van der Waals surface area contributed by atoms with Gasteiger partial charge in [-0.1, -0.05) is 31.5 Å². The maximum Gasteiger partial charge on any atom is 0.0451 e. The predicted octanol–water partition coefficient (Wildman–Crippen LogP) is 4.19. The number of benzene rings is 1. The molecule has 0 fully saturated rings. The van der Waals surface area contributed by atoms with Gasteiger partial charge < -0.3 is 0 Å². The first-order chi connectivity index (χ1) is 5.66. The summed E-state index contributed by atoms with van der Waals surface area (Å²) in [5.41, 5.74) is 1.27. The largest absolute Gasteiger partial charge is 0.129 e. The van der Waals surface area contributed by atoms with Crippen LogP contribution in [0.15, 0.2) is 23.1 Å². The molecule has 0 aromatic heterocycles. The smallest absolute Gasteiger partial charge is 0.0451 e. The molecule has 0 heterocycles. The van der Waals surface area contributed by atoms with Crippen molar-refractivity contribution in [3.8, 4) is 0 Å². The Morgan fingerprint density at radius 3 is 2.42 bits per heavy atom. The Morgan fingerprint density at radius 1 is 1.33 bits per heavy atom. The Balaban J connectivity index is 3.20. The zero-order chi connectivity index (χ0) is 9.14. The zero-order valence-corrected chi connectivity index (χ0v) is 9.17. The third kappa shape index (κ3) is 1.96. The van der Waals surface area contributed by atoms with E-state index in [-0.39, 0.29) is 0 Å². The molecule has 12 heavy (non-hydrogen) atoms. The number of hydrogen-bond donors (Lipinski definition) is 0. The fraction of sp³-hybridized carbons (Fsp3) is 0.400. The van der Waals surface area contributed by atoms with E-state index in [9.17, 15) is 0 Å². The lowest BCUT2D eigenvalue weighted by molar-refractivity contribution is 0.843. The molecule has 0 aliphatic carbocycles. The first kappa shape index (κ1) is 9.94. The summed E-state index contributed by atoms with van der Waals surface area (Å²) in [6, 6.07) is 6.07. The minimum atomic E-state index is 0.501. The van der Waals surface area contributed by atoms with E-state index in [1.54, 1.807) is 11.8 Å². The molecule has 0 aliphatic rings. The van der Waals surface area contributed by atoms with Crippen molar-refractivity contribution in [2.24, 2.45) is 0 Å². The van der Waals surface area contributed by atoms with Crippen molar-refractivity contribution in [3.63, 3.8) is 0 Å². The highest BCUT2D eigenvalue weighted by molar-refractivity contribution is 7.98. The highest BCUT2D eigenvalue weighted by atomic mass is 35.5. The van der Waals surface area contributed by atoms with E-state index in [0.29, 0.717) is 5.92 Å². The lowest BCUT2D eigenvalue weighted by Crippen LogP contribution is -1.91. The van der Waals surface area contributed by atoms with Gasteiger partial charge in [0.25, 0.3) is 0 Å². The molecule has 0 bridgehead atoms. The van der Waals surface area contributed by atoms with Crippen molar-refractivity contribution in [2.45, 2.75) is 24.7 Å². The summed E-state index contributed by atoms with van der Waals surface area (Å²) >= 11 is 7.84. The van der Waals surface area contributed by atoms with Gasteiger partial charge in [-0.15, -0.1) is 11.8 Å². The number of thioether (sulfide) groups is 1. The molecule has 0 unspecified atom stereocenters. The van der Waals surface area contributed by atoms with Gasteiger partial charge in [-0.3, -0.25) is 0 Å². The second-order valence-electron chi connectivity index (χ2n) is 3.01. The van der Waals surface area contributed by atoms with Crippen molar-refractivity contribution in [1.82, 2.24) is 0 Å². The van der Waals surface area contributed by atoms with Gasteiger partial charge in [-0.2, -0.15) is 0 Å². The summed E-state index contributed by atoms with van der Waals surface area (Å²) in [6.07, 6.45) is 2.08. The first-order valence-corrected chi connectivity index (χ1v) is 5.59. The molecule has 0 nitrogen and oxygen atoms in total. The van der Waals surface area contributed by atoms with Crippen LogP contribution >= 0.6 is 23.4 Å². The van der Waals surface area contributed by atoms with Crippen molar-refractivity contribution >= 4 is 23.4 Å². The minimum absolute atomic E-state index is 0.501. The van der Waals surface area contributed by atoms with E-state index < -0.39 is 0 Å². The van der Waals surface area contributed by atoms with Crippen molar-refractivity contribution in [3.05, 3.63) is 28.8 Å². The summed E-state index contributed by atoms with van der Waals surface area (Å²) in [6.45, 7) is 4.34. The molecule has 0 radical (unpaired) electrons. The molecular weight excluding hydrogens is 188 g/mol. The molecule has 1 aromatic rings. The second kappa shape index (κ2) is 4.20. The van der Waals surface area contributed by atoms with E-state index in [1.165, 1.54) is 10.5 Å². The summed E-state index contributed by atoms with van der Waals surface area (Å²) in [5.74, 6) is 0.501. The lowest BCUT2D eigenvalue weighted by atomic mass is 10.0. The standard InChI is InChI=1S/C10H13ClS/c1-7(2)10-8(11)5-4-6-9(10)12-3/h4-7H,1-3H3. The number of rotatable bonds is 2. The Kier molecular flexibility index (Phi) is 3.48. The van der Waals surface area contributed by atoms with E-state index in [4.69, 9.17) is 11.6 Å². The molecule has 0 saturated carbocycles. The molecule has 0 amide bonds. The monoisotopic (exact) mass is 200 g/mol. The summed E-state index contributed by atoms with van der Waals surface area (Å²) in [4.78, 5) is 1.29. The fourth-order valence-electron chi connectivity index (χ4n) is 1.26. The second-order valence-corrected chi connectivity index (χ2v) is 4.27. The van der Waals surface area contributed by atoms with Crippen LogP contribution in [-0.2, 0) is 0 Å². The van der Waals surface area contributed by atoms with Gasteiger partial charge >= 0.3 is 0 Å². The Labute approximate surface area is 83.3 Å². The van der Waals surface area contributed by atoms with Crippen LogP contribution in [0.4, 0.5) is 0 Å². The summed E-state index contributed by atoms with van der Waals surface area (Å²) in [7, 11) is 0. The van der Waals surface area contributed by atoms with Crippen molar-refractivity contribution in [2.75, 3.05) is 6.26 Å². The van der Waals surface area contributed by atoms with E-state index in [2.05, 4.69) is 26.2 Å². The maximum absolute atomic E-state index is 6.09. The number of halogens is 1. The summed E-state index contributed by atoms with van der Waals surface area (Å²) in [5, 5.41) is 0.886. The molecule has 0 aliphatic heterocycles. The fourth-order valence-corrected chi connectivity index (χ4v) is 2.48. The van der Waals surface area contributed by atoms with Gasteiger partial charge in [0.1, 0.15) is 0 Å². The molecule has 0 spiro atoms. The highest BCUT2D eigenvalue weighted by Crippen LogP contribution is 2.32. The van der Waals surface area contributed by atoms with Crippen LogP contribution in [0, 0.1) is 0 Å². The average molecular weight is 201 g/mol. The quantitative estimate of drug-likeness (QED) is 0.646. The molecule has 66 valence electrons. The SMILES string of the molecule is CSc1cccc(Cl)c1C(C)C. The number of hydrogen-bond acceptors (Lipinski definition) is 1. The molecule has 0 saturated heterocycles. The van der Waals surface area contributed by atoms with Gasteiger partial charge in [-0.05, 0) is 29.9 Å². The van der Waals surface area contributed by atoms with Crippen LogP contribution < -0.4 is 0 Å². The molecule has 1 aromatic carbocycles. The molecule has 2 heteroatoms. The van der Waals surface area contributed by atoms with Crippen LogP contribution in [0.3, 0.4) is 0 Å². The van der Waals surface area contributed by atoms with Crippen molar-refractivity contribution in [1.29, 1.82) is 0 Å². The van der Waals surface area contributed by atoms with Gasteiger partial charge in [0.05, 0.1) is 0 Å². The average Bonchev–Trinajstić information content (AvgIpc) is 2.03. The van der Waals surface area contributed by atoms with Gasteiger partial charge in [-0.25, -0.2) is 0 Å². The molecule has 0 atom stereocenters. The van der Waals surface area contributed by atoms with E-state index in [0.717, 1.165) is 5.02 Å². The first-order valence-electron chi connectivity index (χ1n) is 3.99. The van der Waals surface area contributed by atoms with Crippen LogP contribution in [-0.4, -0.2) is 6.26 Å².